The molecule has 0 fully saturated rings. The summed E-state index contributed by atoms with van der Waals surface area (Å²) >= 11 is 0.702. The first-order valence-electron chi connectivity index (χ1n) is 4.43. The first-order chi connectivity index (χ1) is 6.24. The van der Waals surface area contributed by atoms with Gasteiger partial charge in [-0.05, 0) is 0 Å². The maximum atomic E-state index is 4.41. The van der Waals surface area contributed by atoms with Crippen molar-refractivity contribution in [3.63, 3.8) is 0 Å². The molecular weight excluding hydrogens is 227 g/mol. The fraction of sp³-hybridized carbons (Fsp3) is 0.500. The van der Waals surface area contributed by atoms with Crippen molar-refractivity contribution in [1.29, 1.82) is 0 Å². The summed E-state index contributed by atoms with van der Waals surface area (Å²) in [5.41, 5.74) is 2.39. The van der Waals surface area contributed by atoms with Gasteiger partial charge >= 0.3 is 85.9 Å². The van der Waals surface area contributed by atoms with Crippen LogP contribution in [0.15, 0.2) is 18.7 Å². The van der Waals surface area contributed by atoms with Crippen molar-refractivity contribution in [2.24, 2.45) is 0 Å². The Bertz CT molecular complexity index is 278. The predicted octanol–water partition coefficient (Wildman–Crippen LogP) is 2.23. The Hall–Kier alpha value is -0.531. The Balaban J connectivity index is 2.36. The molecule has 0 radical (unpaired) electrons. The molecule has 0 aliphatic rings. The second-order valence-electron chi connectivity index (χ2n) is 3.01. The van der Waals surface area contributed by atoms with Gasteiger partial charge in [0.2, 0.25) is 0 Å². The third-order valence-corrected chi connectivity index (χ3v) is 3.76. The van der Waals surface area contributed by atoms with E-state index in [4.69, 9.17) is 0 Å². The van der Waals surface area contributed by atoms with Crippen LogP contribution in [0.5, 0.6) is 0 Å². The third kappa shape index (κ3) is 3.37. The van der Waals surface area contributed by atoms with Gasteiger partial charge in [-0.15, -0.1) is 0 Å². The van der Waals surface area contributed by atoms with Gasteiger partial charge in [-0.1, -0.05) is 0 Å². The van der Waals surface area contributed by atoms with Crippen molar-refractivity contribution in [3.8, 4) is 0 Å². The molecule has 0 atom stereocenters. The molecule has 0 amide bonds. The summed E-state index contributed by atoms with van der Waals surface area (Å²) in [7, 11) is 0. The monoisotopic (exact) mass is 244 g/mol. The Kier molecular flexibility index (Phi) is 4.26. The van der Waals surface area contributed by atoms with E-state index >= 15 is 0 Å². The van der Waals surface area contributed by atoms with Gasteiger partial charge < -0.3 is 0 Å². The fourth-order valence-electron chi connectivity index (χ4n) is 1.22. The summed E-state index contributed by atoms with van der Waals surface area (Å²) in [5, 5.41) is 6.83. The molecule has 72 valence electrons. The average Bonchev–Trinajstić information content (AvgIpc) is 2.39. The molecule has 0 aliphatic carbocycles. The fourth-order valence-corrected chi connectivity index (χ4v) is 2.55. The van der Waals surface area contributed by atoms with E-state index < -0.39 is 0 Å². The number of hydrogen-bond donors (Lipinski definition) is 0. The second kappa shape index (κ2) is 5.25. The number of aromatic nitrogens is 2. The zero-order valence-electron chi connectivity index (χ0n) is 8.29. The molecule has 0 N–H and O–H groups in total. The molecular formula is C10H16N2Se. The van der Waals surface area contributed by atoms with Crippen LogP contribution < -0.4 is 0 Å². The van der Waals surface area contributed by atoms with E-state index in [-0.39, 0.29) is 0 Å². The Morgan fingerprint density at radius 1 is 1.62 bits per heavy atom. The van der Waals surface area contributed by atoms with Crippen LogP contribution in [0.4, 0.5) is 0 Å². The SMILES string of the molecule is C=CC[Se]CCn1nc(C)cc1C. The van der Waals surface area contributed by atoms with Crippen LogP contribution in [-0.2, 0) is 6.54 Å². The van der Waals surface area contributed by atoms with E-state index in [1.54, 1.807) is 0 Å². The minimum atomic E-state index is 0.702. The van der Waals surface area contributed by atoms with Crippen molar-refractivity contribution in [2.45, 2.75) is 31.0 Å². The van der Waals surface area contributed by atoms with Gasteiger partial charge in [-0.25, -0.2) is 0 Å². The van der Waals surface area contributed by atoms with E-state index in [1.807, 2.05) is 13.0 Å². The average molecular weight is 243 g/mol. The van der Waals surface area contributed by atoms with E-state index in [1.165, 1.54) is 16.3 Å². The predicted molar refractivity (Wildman–Crippen MR) is 57.3 cm³/mol. The van der Waals surface area contributed by atoms with Crippen LogP contribution in [0, 0.1) is 13.8 Å². The molecule has 0 saturated carbocycles. The van der Waals surface area contributed by atoms with Crippen molar-refractivity contribution in [3.05, 3.63) is 30.1 Å². The normalized spacial score (nSPS) is 10.3. The van der Waals surface area contributed by atoms with Gasteiger partial charge in [0.1, 0.15) is 0 Å². The quantitative estimate of drug-likeness (QED) is 0.440. The van der Waals surface area contributed by atoms with Gasteiger partial charge in [0.15, 0.2) is 0 Å². The molecule has 1 heterocycles. The molecule has 0 saturated heterocycles. The summed E-state index contributed by atoms with van der Waals surface area (Å²) in [6, 6.07) is 2.13. The molecule has 0 spiro atoms. The van der Waals surface area contributed by atoms with Gasteiger partial charge in [-0.3, -0.25) is 0 Å². The van der Waals surface area contributed by atoms with Gasteiger partial charge in [-0.2, -0.15) is 0 Å². The first-order valence-corrected chi connectivity index (χ1v) is 6.86. The van der Waals surface area contributed by atoms with Crippen molar-refractivity contribution >= 4 is 15.0 Å². The number of aryl methyl sites for hydroxylation is 3. The topological polar surface area (TPSA) is 17.8 Å². The first kappa shape index (κ1) is 10.5. The van der Waals surface area contributed by atoms with Gasteiger partial charge in [0.05, 0.1) is 0 Å². The van der Waals surface area contributed by atoms with E-state index in [9.17, 15) is 0 Å². The van der Waals surface area contributed by atoms with Crippen LogP contribution in [0.3, 0.4) is 0 Å². The second-order valence-corrected chi connectivity index (χ2v) is 5.43. The summed E-state index contributed by atoms with van der Waals surface area (Å²) in [6.07, 6.45) is 2.00. The van der Waals surface area contributed by atoms with E-state index in [0.717, 1.165) is 12.2 Å². The number of hydrogen-bond acceptors (Lipinski definition) is 1. The number of rotatable bonds is 5. The minimum absolute atomic E-state index is 0.702. The molecule has 0 unspecified atom stereocenters. The van der Waals surface area contributed by atoms with Crippen molar-refractivity contribution < 1.29 is 0 Å². The zero-order chi connectivity index (χ0) is 9.68. The number of allylic oxidation sites excluding steroid dienone is 1. The molecule has 13 heavy (non-hydrogen) atoms. The molecule has 0 bridgehead atoms. The maximum absolute atomic E-state index is 4.41. The van der Waals surface area contributed by atoms with E-state index in [2.05, 4.69) is 29.3 Å². The van der Waals surface area contributed by atoms with E-state index in [0.29, 0.717) is 15.0 Å². The molecule has 3 heteroatoms. The molecule has 1 aromatic heterocycles. The van der Waals surface area contributed by atoms with Crippen LogP contribution in [0.25, 0.3) is 0 Å². The molecule has 2 nitrogen and oxygen atoms in total. The molecule has 1 rings (SSSR count). The molecule has 0 aromatic carbocycles. The number of nitrogens with zero attached hydrogens (tertiary/aromatic N) is 2. The van der Waals surface area contributed by atoms with Crippen molar-refractivity contribution in [1.82, 2.24) is 9.78 Å². The summed E-state index contributed by atoms with van der Waals surface area (Å²) in [4.78, 5) is 0. The molecule has 1 aromatic rings. The van der Waals surface area contributed by atoms with Gasteiger partial charge in [0.25, 0.3) is 0 Å². The third-order valence-electron chi connectivity index (χ3n) is 1.79. The Morgan fingerprint density at radius 3 is 2.92 bits per heavy atom. The Morgan fingerprint density at radius 2 is 2.38 bits per heavy atom. The zero-order valence-corrected chi connectivity index (χ0v) is 10.00. The van der Waals surface area contributed by atoms with Gasteiger partial charge in [0, 0.05) is 0 Å². The van der Waals surface area contributed by atoms with Crippen LogP contribution >= 0.6 is 0 Å². The summed E-state index contributed by atoms with van der Waals surface area (Å²) in [5.74, 6) is 0. The van der Waals surface area contributed by atoms with Crippen LogP contribution in [0.1, 0.15) is 11.4 Å². The molecule has 0 aliphatic heterocycles. The van der Waals surface area contributed by atoms with Crippen LogP contribution in [0.2, 0.25) is 10.6 Å². The van der Waals surface area contributed by atoms with Crippen LogP contribution in [-0.4, -0.2) is 24.7 Å². The standard InChI is InChI=1S/C10H16N2Se/c1-4-6-13-7-5-12-10(3)8-9(2)11-12/h4,8H,1,5-7H2,2-3H3. The van der Waals surface area contributed by atoms with Crippen molar-refractivity contribution in [2.75, 3.05) is 0 Å². The Labute approximate surface area is 86.2 Å². The summed E-state index contributed by atoms with van der Waals surface area (Å²) < 4.78 is 2.10. The summed E-state index contributed by atoms with van der Waals surface area (Å²) in [6.45, 7) is 8.93.